The lowest BCUT2D eigenvalue weighted by Gasteiger charge is -2.16. The number of hydrogen-bond donors (Lipinski definition) is 5. The van der Waals surface area contributed by atoms with Crippen LogP contribution >= 0.6 is 11.8 Å². The summed E-state index contributed by atoms with van der Waals surface area (Å²) >= 11 is 1.90. The number of carbonyl (C=O) groups is 3. The van der Waals surface area contributed by atoms with Gasteiger partial charge in [0.05, 0.1) is 210 Å². The lowest BCUT2D eigenvalue weighted by Crippen LogP contribution is -2.36. The molecule has 0 aromatic rings. The van der Waals surface area contributed by atoms with Gasteiger partial charge in [-0.2, -0.15) is 11.8 Å². The molecule has 0 radical (unpaired) electrons. The Labute approximate surface area is 414 Å². The first-order valence-corrected chi connectivity index (χ1v) is 25.7. The van der Waals surface area contributed by atoms with Gasteiger partial charge in [0.25, 0.3) is 0 Å². The van der Waals surface area contributed by atoms with E-state index in [2.05, 4.69) is 21.3 Å². The molecule has 0 aromatic carbocycles. The van der Waals surface area contributed by atoms with Crippen molar-refractivity contribution >= 4 is 29.6 Å². The van der Waals surface area contributed by atoms with Crippen molar-refractivity contribution in [2.45, 2.75) is 49.4 Å². The van der Waals surface area contributed by atoms with E-state index < -0.39 is 0 Å². The molecule has 0 unspecified atom stereocenters. The molecule has 69 heavy (non-hydrogen) atoms. The largest absolute Gasteiger partial charge is 0.379 e. The molecule has 2 heterocycles. The van der Waals surface area contributed by atoms with E-state index in [0.29, 0.717) is 230 Å². The molecule has 4 amide bonds. The van der Waals surface area contributed by atoms with Crippen LogP contribution < -0.4 is 27.0 Å². The van der Waals surface area contributed by atoms with Gasteiger partial charge in [-0.1, -0.05) is 6.42 Å². The van der Waals surface area contributed by atoms with Gasteiger partial charge in [-0.15, -0.1) is 0 Å². The van der Waals surface area contributed by atoms with Gasteiger partial charge in [0.1, 0.15) is 0 Å². The van der Waals surface area contributed by atoms with Crippen molar-refractivity contribution in [3.63, 3.8) is 0 Å². The Hall–Kier alpha value is -2.08. The molecule has 0 aromatic heterocycles. The van der Waals surface area contributed by atoms with Crippen molar-refractivity contribution in [2.75, 3.05) is 224 Å². The fourth-order valence-electron chi connectivity index (χ4n) is 6.29. The van der Waals surface area contributed by atoms with Crippen molar-refractivity contribution in [2.24, 2.45) is 5.73 Å². The summed E-state index contributed by atoms with van der Waals surface area (Å²) in [6.45, 7) is 15.3. The smallest absolute Gasteiger partial charge is 0.315 e. The lowest BCUT2D eigenvalue weighted by atomic mass is 10.0. The Morgan fingerprint density at radius 2 is 0.754 bits per heavy atom. The highest BCUT2D eigenvalue weighted by Gasteiger charge is 2.42. The van der Waals surface area contributed by atoms with Crippen LogP contribution in [0.15, 0.2) is 0 Å². The van der Waals surface area contributed by atoms with E-state index in [-0.39, 0.29) is 36.3 Å². The number of amides is 4. The second-order valence-corrected chi connectivity index (χ2v) is 16.6. The molecular formula is C45H87N5O18S. The predicted molar refractivity (Wildman–Crippen MR) is 256 cm³/mol. The topological polar surface area (TPSA) is 264 Å². The van der Waals surface area contributed by atoms with E-state index in [9.17, 15) is 14.4 Å². The molecule has 2 fully saturated rings. The van der Waals surface area contributed by atoms with Gasteiger partial charge >= 0.3 is 6.03 Å². The van der Waals surface area contributed by atoms with Crippen LogP contribution in [0.25, 0.3) is 0 Å². The van der Waals surface area contributed by atoms with Crippen molar-refractivity contribution < 1.29 is 85.4 Å². The molecule has 3 atom stereocenters. The zero-order valence-electron chi connectivity index (χ0n) is 41.1. The highest BCUT2D eigenvalue weighted by molar-refractivity contribution is 8.00. The summed E-state index contributed by atoms with van der Waals surface area (Å²) in [6, 6.07) is 0.390. The Morgan fingerprint density at radius 1 is 0.435 bits per heavy atom. The second-order valence-electron chi connectivity index (χ2n) is 15.3. The van der Waals surface area contributed by atoms with Gasteiger partial charge in [-0.25, -0.2) is 4.79 Å². The summed E-state index contributed by atoms with van der Waals surface area (Å²) in [7, 11) is 0. The number of carbonyl (C=O) groups excluding carboxylic acids is 3. The van der Waals surface area contributed by atoms with E-state index in [1.165, 1.54) is 0 Å². The van der Waals surface area contributed by atoms with Crippen LogP contribution in [0.3, 0.4) is 0 Å². The average molecular weight is 1020 g/mol. The van der Waals surface area contributed by atoms with Gasteiger partial charge in [-0.3, -0.25) is 9.59 Å². The van der Waals surface area contributed by atoms with Crippen LogP contribution in [0.2, 0.25) is 0 Å². The molecule has 0 saturated carbocycles. The van der Waals surface area contributed by atoms with E-state index in [1.54, 1.807) is 0 Å². The number of thioether (sulfide) groups is 1. The number of hydrogen-bond acceptors (Lipinski definition) is 20. The molecule has 406 valence electrons. The summed E-state index contributed by atoms with van der Waals surface area (Å²) in [5.74, 6) is 0.899. The molecule has 0 aliphatic carbocycles. The minimum Gasteiger partial charge on any atom is -0.379 e. The number of rotatable bonds is 55. The molecule has 0 spiro atoms. The average Bonchev–Trinajstić information content (AvgIpc) is 3.91. The Kier molecular flexibility index (Phi) is 45.2. The quantitative estimate of drug-likeness (QED) is 0.0381. The minimum atomic E-state index is -0.0924. The summed E-state index contributed by atoms with van der Waals surface area (Å²) in [4.78, 5) is 35.4. The number of nitrogens with two attached hydrogens (primary N) is 1. The van der Waals surface area contributed by atoms with Gasteiger partial charge in [-0.05, 0) is 12.8 Å². The molecule has 23 nitrogen and oxygen atoms in total. The van der Waals surface area contributed by atoms with Crippen LogP contribution in [0, 0.1) is 0 Å². The van der Waals surface area contributed by atoms with E-state index in [1.807, 2.05) is 11.8 Å². The summed E-state index contributed by atoms with van der Waals surface area (Å²) in [5.41, 5.74) is 5.34. The van der Waals surface area contributed by atoms with Crippen molar-refractivity contribution in [1.29, 1.82) is 0 Å². The molecule has 2 aliphatic heterocycles. The van der Waals surface area contributed by atoms with Crippen LogP contribution in [-0.2, 0) is 80.6 Å². The van der Waals surface area contributed by atoms with Gasteiger partial charge in [0, 0.05) is 43.5 Å². The third-order valence-electron chi connectivity index (χ3n) is 9.79. The minimum absolute atomic E-state index is 0.0375. The zero-order valence-corrected chi connectivity index (χ0v) is 42.0. The van der Waals surface area contributed by atoms with Crippen LogP contribution in [0.5, 0.6) is 0 Å². The Bertz CT molecular complexity index is 1180. The van der Waals surface area contributed by atoms with Crippen LogP contribution in [0.1, 0.15) is 32.1 Å². The first-order valence-electron chi connectivity index (χ1n) is 24.7. The third-order valence-corrected chi connectivity index (χ3v) is 11.3. The highest BCUT2D eigenvalue weighted by atomic mass is 32.2. The summed E-state index contributed by atoms with van der Waals surface area (Å²) in [5, 5.41) is 12.1. The number of nitrogens with one attached hydrogen (secondary N) is 4. The Morgan fingerprint density at radius 3 is 1.12 bits per heavy atom. The number of unbranched alkanes of at least 4 members (excludes halogenated alkanes) is 1. The number of fused-ring (bicyclic) bond motifs is 1. The first kappa shape index (κ1) is 63.0. The van der Waals surface area contributed by atoms with Gasteiger partial charge in [0.15, 0.2) is 0 Å². The maximum absolute atomic E-state index is 12.1. The molecule has 2 saturated heterocycles. The molecule has 0 bridgehead atoms. The lowest BCUT2D eigenvalue weighted by molar-refractivity contribution is -0.123. The second kappa shape index (κ2) is 49.5. The van der Waals surface area contributed by atoms with E-state index in [0.717, 1.165) is 25.0 Å². The third kappa shape index (κ3) is 41.1. The van der Waals surface area contributed by atoms with Gasteiger partial charge in [0.2, 0.25) is 11.8 Å². The van der Waals surface area contributed by atoms with Crippen molar-refractivity contribution in [3.8, 4) is 0 Å². The maximum atomic E-state index is 12.1. The number of urea groups is 1. The van der Waals surface area contributed by atoms with E-state index in [4.69, 9.17) is 76.8 Å². The standard InChI is InChI=1S/C45H87N5O18S/c46-6-10-55-14-18-59-22-21-58-17-13-54-9-5-43(52)48-8-12-57-16-20-61-24-26-63-28-30-65-32-34-67-36-38-68-37-35-66-33-31-64-29-27-62-25-23-60-19-15-56-11-7-47-42(51)4-2-1-3-41-44-40(39-69-41)49-45(53)50-44/h40-41,44H,1-39,46H2,(H,47,51)(H,48,52)(H2,49,50,53)/t40-,41-,44-/m0/s1. The fourth-order valence-corrected chi connectivity index (χ4v) is 7.83. The van der Waals surface area contributed by atoms with Crippen molar-refractivity contribution in [3.05, 3.63) is 0 Å². The zero-order chi connectivity index (χ0) is 49.2. The highest BCUT2D eigenvalue weighted by Crippen LogP contribution is 2.33. The predicted octanol–water partition coefficient (Wildman–Crippen LogP) is -0.458. The maximum Gasteiger partial charge on any atom is 0.315 e. The van der Waals surface area contributed by atoms with Crippen LogP contribution in [0.4, 0.5) is 4.79 Å². The molecular weight excluding hydrogens is 931 g/mol. The van der Waals surface area contributed by atoms with Crippen LogP contribution in [-0.4, -0.2) is 259 Å². The number of ether oxygens (including phenoxy) is 15. The van der Waals surface area contributed by atoms with E-state index >= 15 is 0 Å². The van der Waals surface area contributed by atoms with Gasteiger partial charge < -0.3 is 98.1 Å². The first-order chi connectivity index (χ1) is 34.1. The summed E-state index contributed by atoms with van der Waals surface area (Å²) < 4.78 is 81.9. The molecule has 2 rings (SSSR count). The Balaban J connectivity index is 1.13. The van der Waals surface area contributed by atoms with Crippen molar-refractivity contribution in [1.82, 2.24) is 21.3 Å². The molecule has 6 N–H and O–H groups in total. The summed E-state index contributed by atoms with van der Waals surface area (Å²) in [6.07, 6.45) is 3.59. The molecule has 2 aliphatic rings. The fraction of sp³-hybridized carbons (Fsp3) is 0.933. The monoisotopic (exact) mass is 1020 g/mol. The normalized spacial score (nSPS) is 16.5. The SMILES string of the molecule is NCCOCCOCCOCCOCCC(=O)NCCOCCOCCOCCOCCOCCOCCOCCOCCOCCOCCOCCNC(=O)CCCC[C@@H]1SC[C@@H]2NC(=O)N[C@@H]21. The molecule has 24 heteroatoms.